The van der Waals surface area contributed by atoms with E-state index in [-0.39, 0.29) is 5.91 Å². The normalized spacial score (nSPS) is 13.2. The van der Waals surface area contributed by atoms with Gasteiger partial charge in [-0.25, -0.2) is 9.78 Å². The number of ether oxygens (including phenoxy) is 3. The molecule has 8 nitrogen and oxygen atoms in total. The third-order valence-corrected chi connectivity index (χ3v) is 5.26. The van der Waals surface area contributed by atoms with Crippen molar-refractivity contribution in [1.82, 2.24) is 9.88 Å². The smallest absolute Gasteiger partial charge is 0.413 e. The van der Waals surface area contributed by atoms with E-state index in [4.69, 9.17) is 9.47 Å². The zero-order valence-electron chi connectivity index (χ0n) is 15.9. The number of thiazole rings is 1. The Hall–Kier alpha value is -3.07. The van der Waals surface area contributed by atoms with Gasteiger partial charge in [0.05, 0.1) is 33.6 Å². The highest BCUT2D eigenvalue weighted by molar-refractivity contribution is 7.15. The number of methoxy groups -OCH3 is 3. The predicted molar refractivity (Wildman–Crippen MR) is 106 cm³/mol. The molecule has 9 heteroatoms. The zero-order valence-corrected chi connectivity index (χ0v) is 16.7. The second kappa shape index (κ2) is 8.75. The molecule has 0 radical (unpaired) electrons. The van der Waals surface area contributed by atoms with Crippen LogP contribution in [0.3, 0.4) is 0 Å². The van der Waals surface area contributed by atoms with E-state index >= 15 is 0 Å². The number of fused-ring (bicyclic) bond motifs is 1. The monoisotopic (exact) mass is 403 g/mol. The van der Waals surface area contributed by atoms with Crippen LogP contribution in [0.2, 0.25) is 0 Å². The standard InChI is InChI=1S/C19H21N3O5S/c1-25-14-6-4-12(10-15(14)26-2)5-7-17(23)22-9-8-13-16(11-22)28-18(20-13)21-19(24)27-3/h4-7,10H,8-9,11H2,1-3H3,(H,20,21,24)/b7-5+. The molecule has 1 aromatic carbocycles. The van der Waals surface area contributed by atoms with Crippen molar-refractivity contribution in [3.8, 4) is 11.5 Å². The maximum absolute atomic E-state index is 12.6. The molecular formula is C19H21N3O5S. The van der Waals surface area contributed by atoms with Crippen LogP contribution in [0.1, 0.15) is 16.1 Å². The average molecular weight is 403 g/mol. The number of aromatic nitrogens is 1. The number of hydrogen-bond donors (Lipinski definition) is 1. The second-order valence-electron chi connectivity index (χ2n) is 5.96. The number of carbonyl (C=O) groups is 2. The summed E-state index contributed by atoms with van der Waals surface area (Å²) >= 11 is 1.35. The van der Waals surface area contributed by atoms with E-state index in [0.717, 1.165) is 16.1 Å². The summed E-state index contributed by atoms with van der Waals surface area (Å²) in [6, 6.07) is 5.46. The highest BCUT2D eigenvalue weighted by Crippen LogP contribution is 2.29. The van der Waals surface area contributed by atoms with Gasteiger partial charge >= 0.3 is 6.09 Å². The van der Waals surface area contributed by atoms with E-state index in [1.54, 1.807) is 37.3 Å². The Morgan fingerprint density at radius 2 is 2.00 bits per heavy atom. The molecule has 0 saturated heterocycles. The van der Waals surface area contributed by atoms with Gasteiger partial charge in [0.25, 0.3) is 0 Å². The summed E-state index contributed by atoms with van der Waals surface area (Å²) in [6.07, 6.45) is 3.37. The molecule has 1 N–H and O–H groups in total. The molecule has 1 aliphatic heterocycles. The SMILES string of the molecule is COC(=O)Nc1nc2c(s1)CN(C(=O)/C=C/c1ccc(OC)c(OC)c1)CC2. The van der Waals surface area contributed by atoms with Gasteiger partial charge in [0.2, 0.25) is 5.91 Å². The Morgan fingerprint density at radius 3 is 2.71 bits per heavy atom. The minimum atomic E-state index is -0.558. The fourth-order valence-corrected chi connectivity index (χ4v) is 3.81. The highest BCUT2D eigenvalue weighted by atomic mass is 32.1. The Morgan fingerprint density at radius 1 is 1.21 bits per heavy atom. The van der Waals surface area contributed by atoms with E-state index in [9.17, 15) is 9.59 Å². The molecule has 2 heterocycles. The number of amides is 2. The molecule has 0 unspecified atom stereocenters. The van der Waals surface area contributed by atoms with Gasteiger partial charge in [-0.15, -0.1) is 0 Å². The molecule has 0 aliphatic carbocycles. The van der Waals surface area contributed by atoms with Crippen LogP contribution >= 0.6 is 11.3 Å². The Bertz CT molecular complexity index is 909. The van der Waals surface area contributed by atoms with Crippen molar-refractivity contribution in [3.63, 3.8) is 0 Å². The fraction of sp³-hybridized carbons (Fsp3) is 0.316. The quantitative estimate of drug-likeness (QED) is 0.772. The lowest BCUT2D eigenvalue weighted by molar-refractivity contribution is -0.126. The highest BCUT2D eigenvalue weighted by Gasteiger charge is 2.23. The van der Waals surface area contributed by atoms with Crippen molar-refractivity contribution in [2.75, 3.05) is 33.2 Å². The topological polar surface area (TPSA) is 90.0 Å². The van der Waals surface area contributed by atoms with E-state index in [2.05, 4.69) is 15.0 Å². The van der Waals surface area contributed by atoms with Gasteiger partial charge in [0.1, 0.15) is 0 Å². The van der Waals surface area contributed by atoms with E-state index < -0.39 is 6.09 Å². The predicted octanol–water partition coefficient (Wildman–Crippen LogP) is 2.94. The summed E-state index contributed by atoms with van der Waals surface area (Å²) in [5.41, 5.74) is 1.75. The number of carbonyl (C=O) groups excluding carboxylic acids is 2. The molecule has 0 fully saturated rings. The molecule has 1 aliphatic rings. The van der Waals surface area contributed by atoms with Gasteiger partial charge < -0.3 is 19.1 Å². The van der Waals surface area contributed by atoms with Gasteiger partial charge in [-0.1, -0.05) is 17.4 Å². The second-order valence-corrected chi connectivity index (χ2v) is 7.05. The maximum atomic E-state index is 12.6. The number of rotatable bonds is 5. The van der Waals surface area contributed by atoms with E-state index in [1.807, 2.05) is 12.1 Å². The lowest BCUT2D eigenvalue weighted by atomic mass is 10.1. The summed E-state index contributed by atoms with van der Waals surface area (Å²) in [5.74, 6) is 1.16. The molecule has 0 bridgehead atoms. The first-order valence-electron chi connectivity index (χ1n) is 8.56. The number of anilines is 1. The van der Waals surface area contributed by atoms with Crippen LogP contribution in [0.25, 0.3) is 6.08 Å². The molecular weight excluding hydrogens is 382 g/mol. The first-order chi connectivity index (χ1) is 13.5. The molecule has 28 heavy (non-hydrogen) atoms. The van der Waals surface area contributed by atoms with Crippen LogP contribution in [0.15, 0.2) is 24.3 Å². The van der Waals surface area contributed by atoms with Crippen LogP contribution in [-0.4, -0.2) is 49.8 Å². The van der Waals surface area contributed by atoms with Crippen molar-refractivity contribution in [2.45, 2.75) is 13.0 Å². The van der Waals surface area contributed by atoms with Crippen LogP contribution in [-0.2, 0) is 22.5 Å². The molecule has 1 aromatic heterocycles. The van der Waals surface area contributed by atoms with Crippen LogP contribution < -0.4 is 14.8 Å². The van der Waals surface area contributed by atoms with Gasteiger partial charge in [-0.3, -0.25) is 10.1 Å². The minimum Gasteiger partial charge on any atom is -0.493 e. The number of nitrogens with one attached hydrogen (secondary N) is 1. The Balaban J connectivity index is 1.66. The first kappa shape index (κ1) is 19.7. The summed E-state index contributed by atoms with van der Waals surface area (Å²) in [5, 5.41) is 3.05. The van der Waals surface area contributed by atoms with Crippen molar-refractivity contribution >= 4 is 34.5 Å². The zero-order chi connectivity index (χ0) is 20.1. The molecule has 0 spiro atoms. The number of hydrogen-bond acceptors (Lipinski definition) is 7. The minimum absolute atomic E-state index is 0.0867. The summed E-state index contributed by atoms with van der Waals surface area (Å²) in [6.45, 7) is 1.04. The molecule has 0 saturated carbocycles. The van der Waals surface area contributed by atoms with E-state index in [0.29, 0.717) is 36.1 Å². The Labute approximate surface area is 166 Å². The number of nitrogens with zero attached hydrogens (tertiary/aromatic N) is 2. The maximum Gasteiger partial charge on any atom is 0.413 e. The van der Waals surface area contributed by atoms with Crippen LogP contribution in [0.5, 0.6) is 11.5 Å². The number of benzene rings is 1. The summed E-state index contributed by atoms with van der Waals surface area (Å²) < 4.78 is 15.1. The van der Waals surface area contributed by atoms with Gasteiger partial charge in [-0.2, -0.15) is 0 Å². The Kier molecular flexibility index (Phi) is 6.15. The largest absolute Gasteiger partial charge is 0.493 e. The molecule has 2 aromatic rings. The molecule has 3 rings (SSSR count). The van der Waals surface area contributed by atoms with Gasteiger partial charge in [-0.05, 0) is 23.8 Å². The van der Waals surface area contributed by atoms with Crippen molar-refractivity contribution in [2.24, 2.45) is 0 Å². The lowest BCUT2D eigenvalue weighted by Crippen LogP contribution is -2.34. The molecule has 0 atom stereocenters. The molecule has 2 amide bonds. The third-order valence-electron chi connectivity index (χ3n) is 4.26. The molecule has 148 valence electrons. The van der Waals surface area contributed by atoms with Crippen LogP contribution in [0.4, 0.5) is 9.93 Å². The van der Waals surface area contributed by atoms with Crippen molar-refractivity contribution in [3.05, 3.63) is 40.4 Å². The lowest BCUT2D eigenvalue weighted by Gasteiger charge is -2.24. The summed E-state index contributed by atoms with van der Waals surface area (Å²) in [4.78, 5) is 31.0. The fourth-order valence-electron chi connectivity index (χ4n) is 2.80. The third kappa shape index (κ3) is 4.42. The summed E-state index contributed by atoms with van der Waals surface area (Å²) in [7, 11) is 4.45. The average Bonchev–Trinajstić information content (AvgIpc) is 3.12. The van der Waals surface area contributed by atoms with Crippen LogP contribution in [0, 0.1) is 0 Å². The van der Waals surface area contributed by atoms with Gasteiger partial charge in [0, 0.05) is 23.9 Å². The van der Waals surface area contributed by atoms with Crippen molar-refractivity contribution < 1.29 is 23.8 Å². The van der Waals surface area contributed by atoms with E-state index in [1.165, 1.54) is 18.4 Å². The first-order valence-corrected chi connectivity index (χ1v) is 9.38. The van der Waals surface area contributed by atoms with Crippen molar-refractivity contribution in [1.29, 1.82) is 0 Å². The van der Waals surface area contributed by atoms with Gasteiger partial charge in [0.15, 0.2) is 16.6 Å².